The van der Waals surface area contributed by atoms with E-state index in [-0.39, 0.29) is 24.1 Å². The first-order valence-corrected chi connectivity index (χ1v) is 6.10. The monoisotopic (exact) mass is 264 g/mol. The number of esters is 1. The maximum atomic E-state index is 11.8. The lowest BCUT2D eigenvalue weighted by Crippen LogP contribution is -2.13. The molecule has 0 saturated heterocycles. The third kappa shape index (κ3) is 2.64. The zero-order chi connectivity index (χ0) is 14.0. The number of rotatable bonds is 4. The topological polar surface area (TPSA) is 90.1 Å². The van der Waals surface area contributed by atoms with E-state index in [0.717, 1.165) is 0 Å². The predicted octanol–water partition coefficient (Wildman–Crippen LogP) is 1.92. The van der Waals surface area contributed by atoms with E-state index in [2.05, 4.69) is 20.4 Å². The molecule has 0 radical (unpaired) electrons. The molecule has 0 aliphatic rings. The molecule has 2 heterocycles. The highest BCUT2D eigenvalue weighted by Crippen LogP contribution is 2.25. The molecule has 0 bridgehead atoms. The van der Waals surface area contributed by atoms with Crippen molar-refractivity contribution in [1.82, 2.24) is 15.1 Å². The molecule has 0 amide bonds. The van der Waals surface area contributed by atoms with Crippen LogP contribution in [0.15, 0.2) is 4.52 Å². The number of fused-ring (bicyclic) bond motifs is 1. The van der Waals surface area contributed by atoms with Gasteiger partial charge < -0.3 is 14.6 Å². The van der Waals surface area contributed by atoms with Gasteiger partial charge in [0.15, 0.2) is 0 Å². The minimum atomic E-state index is -0.541. The zero-order valence-electron chi connectivity index (χ0n) is 11.4. The fourth-order valence-corrected chi connectivity index (χ4v) is 1.68. The van der Waals surface area contributed by atoms with Crippen molar-refractivity contribution in [3.05, 3.63) is 11.5 Å². The van der Waals surface area contributed by atoms with E-state index in [1.165, 1.54) is 0 Å². The second kappa shape index (κ2) is 5.21. The summed E-state index contributed by atoms with van der Waals surface area (Å²) in [6.45, 7) is 7.69. The van der Waals surface area contributed by atoms with Gasteiger partial charge in [-0.15, -0.1) is 0 Å². The molecule has 0 saturated carbocycles. The van der Waals surface area contributed by atoms with Gasteiger partial charge in [0.1, 0.15) is 17.0 Å². The van der Waals surface area contributed by atoms with Crippen molar-refractivity contribution in [3.8, 4) is 0 Å². The van der Waals surface area contributed by atoms with Crippen molar-refractivity contribution >= 4 is 22.9 Å². The van der Waals surface area contributed by atoms with Crippen LogP contribution < -0.4 is 5.32 Å². The first-order chi connectivity index (χ1) is 9.02. The van der Waals surface area contributed by atoms with E-state index >= 15 is 0 Å². The van der Waals surface area contributed by atoms with Crippen LogP contribution in [0.4, 0.5) is 5.82 Å². The van der Waals surface area contributed by atoms with Gasteiger partial charge in [0.05, 0.1) is 6.61 Å². The summed E-state index contributed by atoms with van der Waals surface area (Å²) in [6, 6.07) is 0.155. The highest BCUT2D eigenvalue weighted by molar-refractivity contribution is 6.04. The van der Waals surface area contributed by atoms with E-state index in [4.69, 9.17) is 9.26 Å². The minimum absolute atomic E-state index is 0.0972. The molecular weight excluding hydrogens is 248 g/mol. The molecule has 0 aliphatic heterocycles. The zero-order valence-corrected chi connectivity index (χ0v) is 11.4. The third-order valence-corrected chi connectivity index (χ3v) is 2.34. The first kappa shape index (κ1) is 13.3. The van der Waals surface area contributed by atoms with Gasteiger partial charge in [-0.2, -0.15) is 4.98 Å². The number of carbonyl (C=O) groups is 1. The lowest BCUT2D eigenvalue weighted by Gasteiger charge is -2.10. The smallest absolute Gasteiger partial charge is 0.361 e. The summed E-state index contributed by atoms with van der Waals surface area (Å²) < 4.78 is 10.0. The van der Waals surface area contributed by atoms with Crippen molar-refractivity contribution < 1.29 is 14.1 Å². The molecule has 2 aromatic heterocycles. The Balaban J connectivity index is 2.58. The first-order valence-electron chi connectivity index (χ1n) is 6.10. The largest absolute Gasteiger partial charge is 0.461 e. The molecule has 0 fully saturated rings. The summed E-state index contributed by atoms with van der Waals surface area (Å²) in [7, 11) is 0. The van der Waals surface area contributed by atoms with Gasteiger partial charge in [0.25, 0.3) is 5.71 Å². The number of nitrogens with zero attached hydrogens (tertiary/aromatic N) is 3. The fourth-order valence-electron chi connectivity index (χ4n) is 1.68. The fraction of sp³-hybridized carbons (Fsp3) is 0.500. The van der Waals surface area contributed by atoms with Crippen molar-refractivity contribution in [2.24, 2.45) is 0 Å². The van der Waals surface area contributed by atoms with Crippen LogP contribution in [-0.2, 0) is 4.74 Å². The Labute approximate surface area is 110 Å². The number of hydrogen-bond acceptors (Lipinski definition) is 7. The van der Waals surface area contributed by atoms with Gasteiger partial charge in [-0.1, -0.05) is 5.16 Å². The maximum absolute atomic E-state index is 11.8. The number of hydrogen-bond donors (Lipinski definition) is 1. The van der Waals surface area contributed by atoms with Crippen molar-refractivity contribution in [3.63, 3.8) is 0 Å². The normalized spacial score (nSPS) is 11.0. The molecule has 102 valence electrons. The van der Waals surface area contributed by atoms with Crippen molar-refractivity contribution in [2.75, 3.05) is 11.9 Å². The van der Waals surface area contributed by atoms with Gasteiger partial charge in [-0.25, -0.2) is 9.78 Å². The molecule has 7 nitrogen and oxygen atoms in total. The van der Waals surface area contributed by atoms with Crippen LogP contribution in [0.1, 0.15) is 37.1 Å². The lowest BCUT2D eigenvalue weighted by molar-refractivity contribution is 0.0517. The van der Waals surface area contributed by atoms with Crippen LogP contribution in [0.5, 0.6) is 0 Å². The van der Waals surface area contributed by atoms with E-state index in [1.54, 1.807) is 13.8 Å². The Morgan fingerprint density at radius 1 is 1.42 bits per heavy atom. The van der Waals surface area contributed by atoms with Crippen molar-refractivity contribution in [2.45, 2.75) is 33.7 Å². The summed E-state index contributed by atoms with van der Waals surface area (Å²) in [6.07, 6.45) is 0. The minimum Gasteiger partial charge on any atom is -0.461 e. The third-order valence-electron chi connectivity index (χ3n) is 2.34. The van der Waals surface area contributed by atoms with Gasteiger partial charge in [-0.05, 0) is 27.7 Å². The number of carbonyl (C=O) groups excluding carboxylic acids is 1. The van der Waals surface area contributed by atoms with Gasteiger partial charge in [0, 0.05) is 6.04 Å². The Hall–Kier alpha value is -2.18. The Morgan fingerprint density at radius 3 is 2.79 bits per heavy atom. The lowest BCUT2D eigenvalue weighted by atomic mass is 10.2. The van der Waals surface area contributed by atoms with Crippen molar-refractivity contribution in [1.29, 1.82) is 0 Å². The molecule has 2 rings (SSSR count). The van der Waals surface area contributed by atoms with Crippen LogP contribution >= 0.6 is 0 Å². The molecule has 0 unspecified atom stereocenters. The van der Waals surface area contributed by atoms with Crippen LogP contribution in [0.3, 0.4) is 0 Å². The number of aryl methyl sites for hydroxylation is 1. The van der Waals surface area contributed by atoms with Crippen LogP contribution in [0, 0.1) is 6.92 Å². The Bertz CT molecular complexity index is 606. The highest BCUT2D eigenvalue weighted by Gasteiger charge is 2.23. The molecule has 2 aromatic rings. The van der Waals surface area contributed by atoms with Crippen LogP contribution in [-0.4, -0.2) is 33.7 Å². The Kier molecular flexibility index (Phi) is 3.64. The highest BCUT2D eigenvalue weighted by atomic mass is 16.5. The molecule has 0 atom stereocenters. The average molecular weight is 264 g/mol. The molecule has 0 aromatic carbocycles. The molecule has 19 heavy (non-hydrogen) atoms. The van der Waals surface area contributed by atoms with Gasteiger partial charge >= 0.3 is 5.97 Å². The van der Waals surface area contributed by atoms with E-state index in [1.807, 2.05) is 13.8 Å². The summed E-state index contributed by atoms with van der Waals surface area (Å²) in [5, 5.41) is 7.34. The molecule has 0 aliphatic carbocycles. The van der Waals surface area contributed by atoms with E-state index < -0.39 is 5.97 Å². The van der Waals surface area contributed by atoms with E-state index in [0.29, 0.717) is 17.0 Å². The van der Waals surface area contributed by atoms with E-state index in [9.17, 15) is 4.79 Å². The summed E-state index contributed by atoms with van der Waals surface area (Å²) in [5.41, 5.74) is 0.374. The average Bonchev–Trinajstić information content (AvgIpc) is 2.72. The SMILES string of the molecule is CCOC(=O)c1noc2nc(C)nc(NC(C)C)c12. The maximum Gasteiger partial charge on any atom is 0.361 e. The second-order valence-electron chi connectivity index (χ2n) is 4.35. The molecule has 7 heteroatoms. The number of aromatic nitrogens is 3. The number of nitrogens with one attached hydrogen (secondary N) is 1. The van der Waals surface area contributed by atoms with Crippen LogP contribution in [0.25, 0.3) is 11.1 Å². The Morgan fingerprint density at radius 2 is 2.16 bits per heavy atom. The number of ether oxygens (including phenoxy) is 1. The van der Waals surface area contributed by atoms with Gasteiger partial charge in [-0.3, -0.25) is 0 Å². The predicted molar refractivity (Wildman–Crippen MR) is 69.1 cm³/mol. The standard InChI is InChI=1S/C12H16N4O3/c1-5-18-12(17)9-8-10(13-6(2)3)14-7(4)15-11(8)19-16-9/h6H,5H2,1-4H3,(H,13,14,15). The second-order valence-corrected chi connectivity index (χ2v) is 4.35. The number of anilines is 1. The van der Waals surface area contributed by atoms with Crippen LogP contribution in [0.2, 0.25) is 0 Å². The quantitative estimate of drug-likeness (QED) is 0.843. The van der Waals surface area contributed by atoms with Gasteiger partial charge in [0.2, 0.25) is 5.69 Å². The molecule has 1 N–H and O–H groups in total. The summed E-state index contributed by atoms with van der Waals surface area (Å²) in [5.74, 6) is 0.532. The summed E-state index contributed by atoms with van der Waals surface area (Å²) in [4.78, 5) is 20.2. The molecule has 0 spiro atoms. The molecular formula is C12H16N4O3. The summed E-state index contributed by atoms with van der Waals surface area (Å²) >= 11 is 0.